The molecule has 0 aromatic heterocycles. The predicted octanol–water partition coefficient (Wildman–Crippen LogP) is 5.43. The van der Waals surface area contributed by atoms with Gasteiger partial charge in [0.2, 0.25) is 0 Å². The highest BCUT2D eigenvalue weighted by molar-refractivity contribution is 7.85. The monoisotopic (exact) mass is 459 g/mol. The van der Waals surface area contributed by atoms with Crippen LogP contribution in [0.4, 0.5) is 18.9 Å². The van der Waals surface area contributed by atoms with E-state index in [9.17, 15) is 17.4 Å². The van der Waals surface area contributed by atoms with Gasteiger partial charge in [-0.05, 0) is 24.6 Å². The van der Waals surface area contributed by atoms with Crippen molar-refractivity contribution in [1.82, 2.24) is 4.90 Å². The average Bonchev–Trinajstić information content (AvgIpc) is 2.53. The van der Waals surface area contributed by atoms with Crippen LogP contribution >= 0.6 is 34.8 Å². The molecule has 0 aliphatic carbocycles. The van der Waals surface area contributed by atoms with Gasteiger partial charge in [-0.2, -0.15) is 13.2 Å². The van der Waals surface area contributed by atoms with Crippen LogP contribution in [0.1, 0.15) is 6.42 Å². The first kappa shape index (κ1) is 22.2. The van der Waals surface area contributed by atoms with Crippen molar-refractivity contribution >= 4 is 63.3 Å². The van der Waals surface area contributed by atoms with E-state index in [0.29, 0.717) is 17.4 Å². The zero-order chi connectivity index (χ0) is 20.4. The number of rotatable bonds is 4. The van der Waals surface area contributed by atoms with Gasteiger partial charge in [0, 0.05) is 20.3 Å². The fourth-order valence-corrected chi connectivity index (χ4v) is 4.12. The molecule has 0 fully saturated rings. The Balaban J connectivity index is 2.44. The van der Waals surface area contributed by atoms with Crippen LogP contribution in [-0.4, -0.2) is 47.2 Å². The van der Waals surface area contributed by atoms with E-state index < -0.39 is 22.7 Å². The number of hydrogen-bond donors (Lipinski definition) is 0. The van der Waals surface area contributed by atoms with Gasteiger partial charge >= 0.3 is 6.18 Å². The number of amidine groups is 1. The van der Waals surface area contributed by atoms with Gasteiger partial charge in [-0.1, -0.05) is 34.8 Å². The number of aliphatic imine (C=N–C) groups is 2. The molecule has 0 saturated heterocycles. The summed E-state index contributed by atoms with van der Waals surface area (Å²) in [6, 6.07) is 2.46. The number of hydrogen-bond acceptors (Lipinski definition) is 3. The van der Waals surface area contributed by atoms with Crippen LogP contribution in [0, 0.1) is 5.92 Å². The minimum absolute atomic E-state index is 0.109. The van der Waals surface area contributed by atoms with E-state index in [2.05, 4.69) is 9.98 Å². The summed E-state index contributed by atoms with van der Waals surface area (Å²) >= 11 is 17.9. The van der Waals surface area contributed by atoms with Crippen LogP contribution in [-0.2, 0) is 10.8 Å². The SMILES string of the molecule is CN(C)C(=Nc1cc(S(=O)CC(F)(F)F)c(Cl)cc1Cl)C1C=NC(Cl)=CC1. The van der Waals surface area contributed by atoms with Crippen molar-refractivity contribution in [2.45, 2.75) is 17.5 Å². The van der Waals surface area contributed by atoms with Crippen molar-refractivity contribution in [3.63, 3.8) is 0 Å². The Labute approximate surface area is 172 Å². The van der Waals surface area contributed by atoms with Crippen molar-refractivity contribution in [1.29, 1.82) is 0 Å². The molecule has 1 heterocycles. The average molecular weight is 461 g/mol. The van der Waals surface area contributed by atoms with E-state index in [1.807, 2.05) is 0 Å². The van der Waals surface area contributed by atoms with E-state index in [0.717, 1.165) is 0 Å². The van der Waals surface area contributed by atoms with Crippen molar-refractivity contribution < 1.29 is 17.4 Å². The second-order valence-corrected chi connectivity index (χ2v) is 8.47. The fraction of sp³-hybridized carbons (Fsp3) is 0.375. The minimum Gasteiger partial charge on any atom is -0.366 e. The topological polar surface area (TPSA) is 45.0 Å². The molecule has 0 radical (unpaired) electrons. The summed E-state index contributed by atoms with van der Waals surface area (Å²) in [6.07, 6.45) is -0.667. The molecule has 2 atom stereocenters. The molecular weight excluding hydrogens is 446 g/mol. The molecule has 4 nitrogen and oxygen atoms in total. The maximum absolute atomic E-state index is 12.6. The third-order valence-electron chi connectivity index (χ3n) is 3.48. The first-order valence-corrected chi connectivity index (χ1v) is 10.0. The van der Waals surface area contributed by atoms with E-state index in [4.69, 9.17) is 34.8 Å². The zero-order valence-corrected chi connectivity index (χ0v) is 17.3. The second kappa shape index (κ2) is 8.94. The Morgan fingerprint density at radius 3 is 2.48 bits per heavy atom. The van der Waals surface area contributed by atoms with Gasteiger partial charge in [0.15, 0.2) is 0 Å². The molecule has 2 rings (SSSR count). The lowest BCUT2D eigenvalue weighted by Crippen LogP contribution is -2.31. The highest BCUT2D eigenvalue weighted by atomic mass is 35.5. The normalized spacial score (nSPS) is 19.0. The van der Waals surface area contributed by atoms with Crippen LogP contribution < -0.4 is 0 Å². The smallest absolute Gasteiger partial charge is 0.366 e. The standard InChI is InChI=1S/C16H15Cl3F3N3OS/c1-25(2)15(9-3-4-14(19)23-7-9)24-12-6-13(11(18)5-10(12)17)27(26)8-16(20,21)22/h4-7,9H,3,8H2,1-2H3. The molecule has 1 aliphatic heterocycles. The molecule has 11 heteroatoms. The fourth-order valence-electron chi connectivity index (χ4n) is 2.31. The van der Waals surface area contributed by atoms with E-state index in [1.165, 1.54) is 12.1 Å². The zero-order valence-electron chi connectivity index (χ0n) is 14.2. The van der Waals surface area contributed by atoms with Crippen LogP contribution in [0.25, 0.3) is 0 Å². The maximum Gasteiger partial charge on any atom is 0.400 e. The molecule has 0 saturated carbocycles. The highest BCUT2D eigenvalue weighted by Gasteiger charge is 2.32. The van der Waals surface area contributed by atoms with Crippen molar-refractivity contribution in [2.24, 2.45) is 15.9 Å². The third-order valence-corrected chi connectivity index (χ3v) is 5.88. The van der Waals surface area contributed by atoms with Gasteiger partial charge in [-0.15, -0.1) is 0 Å². The van der Waals surface area contributed by atoms with Gasteiger partial charge in [0.05, 0.1) is 37.3 Å². The Bertz CT molecular complexity index is 838. The number of benzene rings is 1. The number of alkyl halides is 3. The first-order valence-electron chi connectivity index (χ1n) is 7.58. The minimum atomic E-state index is -4.59. The van der Waals surface area contributed by atoms with Gasteiger partial charge in [-0.25, -0.2) is 9.98 Å². The van der Waals surface area contributed by atoms with E-state index in [-0.39, 0.29) is 26.5 Å². The summed E-state index contributed by atoms with van der Waals surface area (Å²) in [5, 5.41) is 0.397. The summed E-state index contributed by atoms with van der Waals surface area (Å²) in [7, 11) is 1.16. The number of nitrogens with zero attached hydrogens (tertiary/aromatic N) is 3. The molecule has 0 bridgehead atoms. The van der Waals surface area contributed by atoms with Gasteiger partial charge in [0.25, 0.3) is 0 Å². The highest BCUT2D eigenvalue weighted by Crippen LogP contribution is 2.35. The molecule has 0 amide bonds. The molecule has 27 heavy (non-hydrogen) atoms. The van der Waals surface area contributed by atoms with Crippen molar-refractivity contribution in [2.75, 3.05) is 19.8 Å². The maximum atomic E-state index is 12.6. The quantitative estimate of drug-likeness (QED) is 0.342. The molecule has 1 aromatic rings. The Hall–Kier alpha value is -1.09. The van der Waals surface area contributed by atoms with Crippen molar-refractivity contribution in [3.8, 4) is 0 Å². The van der Waals surface area contributed by atoms with Gasteiger partial charge in [-0.3, -0.25) is 4.21 Å². The molecular formula is C16H15Cl3F3N3OS. The molecule has 0 N–H and O–H groups in total. The number of halogens is 6. The van der Waals surface area contributed by atoms with E-state index in [1.54, 1.807) is 31.3 Å². The molecule has 1 aromatic carbocycles. The Morgan fingerprint density at radius 2 is 1.96 bits per heavy atom. The van der Waals surface area contributed by atoms with Crippen LogP contribution in [0.2, 0.25) is 10.0 Å². The van der Waals surface area contributed by atoms with Gasteiger partial charge < -0.3 is 4.90 Å². The second-order valence-electron chi connectivity index (χ2n) is 5.85. The van der Waals surface area contributed by atoms with Crippen LogP contribution in [0.15, 0.2) is 38.2 Å². The lowest BCUT2D eigenvalue weighted by atomic mass is 10.0. The molecule has 0 spiro atoms. The lowest BCUT2D eigenvalue weighted by molar-refractivity contribution is -0.105. The largest absolute Gasteiger partial charge is 0.400 e. The summed E-state index contributed by atoms with van der Waals surface area (Å²) < 4.78 is 49.8. The Kier molecular flexibility index (Phi) is 7.35. The lowest BCUT2D eigenvalue weighted by Gasteiger charge is -2.23. The predicted molar refractivity (Wildman–Crippen MR) is 105 cm³/mol. The van der Waals surface area contributed by atoms with Crippen molar-refractivity contribution in [3.05, 3.63) is 33.4 Å². The van der Waals surface area contributed by atoms with Crippen LogP contribution in [0.5, 0.6) is 0 Å². The van der Waals surface area contributed by atoms with E-state index >= 15 is 0 Å². The Morgan fingerprint density at radius 1 is 1.30 bits per heavy atom. The van der Waals surface area contributed by atoms with Gasteiger partial charge in [0.1, 0.15) is 16.7 Å². The molecule has 2 unspecified atom stereocenters. The molecule has 148 valence electrons. The molecule has 1 aliphatic rings. The summed E-state index contributed by atoms with van der Waals surface area (Å²) in [5.41, 5.74) is 0.171. The number of allylic oxidation sites excluding steroid dienone is 1. The summed E-state index contributed by atoms with van der Waals surface area (Å²) in [6.45, 7) is 0. The first-order chi connectivity index (χ1) is 12.5. The third kappa shape index (κ3) is 6.20. The summed E-state index contributed by atoms with van der Waals surface area (Å²) in [4.78, 5) is 10.1. The summed E-state index contributed by atoms with van der Waals surface area (Å²) in [5.74, 6) is -1.13. The van der Waals surface area contributed by atoms with Crippen LogP contribution in [0.3, 0.4) is 0 Å².